The van der Waals surface area contributed by atoms with E-state index in [1.54, 1.807) is 0 Å². The Bertz CT molecular complexity index is 196. The molecule has 3 rings (SSSR count). The number of hydrogen-bond donors (Lipinski definition) is 0. The quantitative estimate of drug-likeness (QED) is 0.679. The van der Waals surface area contributed by atoms with Crippen molar-refractivity contribution in [2.45, 2.75) is 58.3 Å². The molecule has 126 valence electrons. The second-order valence-corrected chi connectivity index (χ2v) is 7.02. The third-order valence-electron chi connectivity index (χ3n) is 4.66. The van der Waals surface area contributed by atoms with E-state index in [-0.39, 0.29) is 0 Å². The Kier molecular flexibility index (Phi) is 11.2. The highest BCUT2D eigenvalue weighted by molar-refractivity contribution is 4.65. The van der Waals surface area contributed by atoms with Gasteiger partial charge in [-0.2, -0.15) is 0 Å². The first kappa shape index (κ1) is 18.9. The normalized spacial score (nSPS) is 25.3. The van der Waals surface area contributed by atoms with Crippen LogP contribution in [0.2, 0.25) is 0 Å². The first-order chi connectivity index (χ1) is 10.2. The maximum Gasteiger partial charge on any atom is 0.0466 e. The van der Waals surface area contributed by atoms with Gasteiger partial charge in [0.25, 0.3) is 0 Å². The van der Waals surface area contributed by atoms with E-state index in [0.29, 0.717) is 0 Å². The van der Waals surface area contributed by atoms with Gasteiger partial charge in [0.2, 0.25) is 0 Å². The van der Waals surface area contributed by atoms with Gasteiger partial charge in [0.05, 0.1) is 0 Å². The topological polar surface area (TPSA) is 15.7 Å². The molecular formula is C18H38N2O. The van der Waals surface area contributed by atoms with Crippen molar-refractivity contribution in [2.75, 3.05) is 53.5 Å². The lowest BCUT2D eigenvalue weighted by molar-refractivity contribution is 0.0968. The smallest absolute Gasteiger partial charge is 0.0466 e. The number of piperidine rings is 2. The fourth-order valence-electron chi connectivity index (χ4n) is 2.88. The Labute approximate surface area is 133 Å². The van der Waals surface area contributed by atoms with Gasteiger partial charge in [-0.15, -0.1) is 0 Å². The van der Waals surface area contributed by atoms with Gasteiger partial charge < -0.3 is 14.5 Å². The van der Waals surface area contributed by atoms with Crippen molar-refractivity contribution in [2.24, 2.45) is 5.92 Å². The number of likely N-dealkylation sites (tertiary alicyclic amines) is 2. The molecule has 3 nitrogen and oxygen atoms in total. The van der Waals surface area contributed by atoms with Crippen LogP contribution >= 0.6 is 0 Å². The van der Waals surface area contributed by atoms with Crippen molar-refractivity contribution in [3.05, 3.63) is 0 Å². The van der Waals surface area contributed by atoms with Crippen molar-refractivity contribution in [1.82, 2.24) is 9.80 Å². The largest absolute Gasteiger partial charge is 0.381 e. The van der Waals surface area contributed by atoms with Gasteiger partial charge in [-0.05, 0) is 91.1 Å². The van der Waals surface area contributed by atoms with Crippen LogP contribution in [-0.2, 0) is 4.74 Å². The second-order valence-electron chi connectivity index (χ2n) is 7.02. The van der Waals surface area contributed by atoms with Crippen LogP contribution in [0.3, 0.4) is 0 Å². The Hall–Kier alpha value is -0.120. The fraction of sp³-hybridized carbons (Fsp3) is 1.00. The molecule has 3 fully saturated rings. The molecule has 0 amide bonds. The monoisotopic (exact) mass is 298 g/mol. The maximum absolute atomic E-state index is 5.07. The molecule has 21 heavy (non-hydrogen) atoms. The van der Waals surface area contributed by atoms with Crippen molar-refractivity contribution >= 4 is 0 Å². The molecule has 3 saturated heterocycles. The fourth-order valence-corrected chi connectivity index (χ4v) is 2.88. The van der Waals surface area contributed by atoms with Gasteiger partial charge in [-0.1, -0.05) is 13.3 Å². The summed E-state index contributed by atoms with van der Waals surface area (Å²) < 4.78 is 5.07. The third kappa shape index (κ3) is 11.1. The molecule has 3 aliphatic rings. The van der Waals surface area contributed by atoms with Crippen LogP contribution in [0.15, 0.2) is 0 Å². The van der Waals surface area contributed by atoms with Crippen LogP contribution in [0.5, 0.6) is 0 Å². The summed E-state index contributed by atoms with van der Waals surface area (Å²) in [6, 6.07) is 0. The zero-order chi connectivity index (χ0) is 15.3. The van der Waals surface area contributed by atoms with Crippen LogP contribution in [0.1, 0.15) is 58.3 Å². The molecule has 0 radical (unpaired) electrons. The molecule has 3 heteroatoms. The zero-order valence-electron chi connectivity index (χ0n) is 14.8. The van der Waals surface area contributed by atoms with Crippen molar-refractivity contribution in [3.63, 3.8) is 0 Å². The minimum atomic E-state index is 0.978. The van der Waals surface area contributed by atoms with Crippen LogP contribution in [0.25, 0.3) is 0 Å². The van der Waals surface area contributed by atoms with E-state index in [1.807, 2.05) is 0 Å². The van der Waals surface area contributed by atoms with Crippen LogP contribution < -0.4 is 0 Å². The van der Waals surface area contributed by atoms with E-state index >= 15 is 0 Å². The highest BCUT2D eigenvalue weighted by atomic mass is 16.5. The standard InChI is InChI=1S/C7H15N.C6H13N.C5H10O/c1-7-3-5-8(2)6-4-7;1-7-5-3-2-4-6-7;1-2-4-6-5-3-1/h7H,3-6H2,1-2H3;2-6H2,1H3;1-5H2. The summed E-state index contributed by atoms with van der Waals surface area (Å²) in [5, 5.41) is 0. The van der Waals surface area contributed by atoms with E-state index in [9.17, 15) is 0 Å². The number of rotatable bonds is 0. The molecule has 0 bridgehead atoms. The number of nitrogens with zero attached hydrogens (tertiary/aromatic N) is 2. The Morgan fingerprint density at radius 3 is 1.43 bits per heavy atom. The first-order valence-electron chi connectivity index (χ1n) is 9.13. The van der Waals surface area contributed by atoms with E-state index < -0.39 is 0 Å². The molecule has 0 unspecified atom stereocenters. The van der Waals surface area contributed by atoms with E-state index in [1.165, 1.54) is 77.5 Å². The molecule has 0 N–H and O–H groups in total. The summed E-state index contributed by atoms with van der Waals surface area (Å²) in [6.45, 7) is 9.59. The molecule has 3 aliphatic heterocycles. The van der Waals surface area contributed by atoms with Crippen molar-refractivity contribution in [3.8, 4) is 0 Å². The average Bonchev–Trinajstić information content (AvgIpc) is 2.54. The lowest BCUT2D eigenvalue weighted by atomic mass is 10.00. The van der Waals surface area contributed by atoms with Crippen LogP contribution in [0.4, 0.5) is 0 Å². The highest BCUT2D eigenvalue weighted by Gasteiger charge is 2.10. The summed E-state index contributed by atoms with van der Waals surface area (Å²) in [4.78, 5) is 4.80. The Morgan fingerprint density at radius 2 is 1.14 bits per heavy atom. The first-order valence-corrected chi connectivity index (χ1v) is 9.13. The minimum absolute atomic E-state index is 0.978. The minimum Gasteiger partial charge on any atom is -0.381 e. The van der Waals surface area contributed by atoms with Gasteiger partial charge in [0, 0.05) is 13.2 Å². The van der Waals surface area contributed by atoms with E-state index in [4.69, 9.17) is 4.74 Å². The average molecular weight is 299 g/mol. The molecule has 0 atom stereocenters. The molecule has 0 spiro atoms. The zero-order valence-corrected chi connectivity index (χ0v) is 14.8. The van der Waals surface area contributed by atoms with Crippen LogP contribution in [-0.4, -0.2) is 63.3 Å². The van der Waals surface area contributed by atoms with Gasteiger partial charge in [0.1, 0.15) is 0 Å². The number of ether oxygens (including phenoxy) is 1. The predicted molar refractivity (Wildman–Crippen MR) is 91.9 cm³/mol. The SMILES string of the molecule is C1CCOCC1.CC1CCN(C)CC1.CN1CCCCC1. The second kappa shape index (κ2) is 12.4. The summed E-state index contributed by atoms with van der Waals surface area (Å²) >= 11 is 0. The molecule has 0 saturated carbocycles. The highest BCUT2D eigenvalue weighted by Crippen LogP contribution is 2.13. The van der Waals surface area contributed by atoms with Gasteiger partial charge in [-0.25, -0.2) is 0 Å². The lowest BCUT2D eigenvalue weighted by Crippen LogP contribution is -2.28. The Balaban J connectivity index is 0.000000159. The lowest BCUT2D eigenvalue weighted by Gasteiger charge is -2.26. The van der Waals surface area contributed by atoms with Gasteiger partial charge in [-0.3, -0.25) is 0 Å². The molecular weight excluding hydrogens is 260 g/mol. The molecule has 3 heterocycles. The van der Waals surface area contributed by atoms with Gasteiger partial charge >= 0.3 is 0 Å². The van der Waals surface area contributed by atoms with Crippen LogP contribution in [0, 0.1) is 5.92 Å². The predicted octanol–water partition coefficient (Wildman–Crippen LogP) is 3.64. The summed E-state index contributed by atoms with van der Waals surface area (Å²) in [5.74, 6) is 0.978. The third-order valence-corrected chi connectivity index (χ3v) is 4.66. The summed E-state index contributed by atoms with van der Waals surface area (Å²) in [6.07, 6.45) is 11.0. The number of hydrogen-bond acceptors (Lipinski definition) is 3. The van der Waals surface area contributed by atoms with Gasteiger partial charge in [0.15, 0.2) is 0 Å². The molecule has 0 aliphatic carbocycles. The van der Waals surface area contributed by atoms with Crippen molar-refractivity contribution in [1.29, 1.82) is 0 Å². The summed E-state index contributed by atoms with van der Waals surface area (Å²) in [7, 11) is 4.39. The molecule has 0 aromatic heterocycles. The van der Waals surface area contributed by atoms with Crippen molar-refractivity contribution < 1.29 is 4.74 Å². The summed E-state index contributed by atoms with van der Waals surface area (Å²) in [5.41, 5.74) is 0. The molecule has 0 aromatic rings. The maximum atomic E-state index is 5.07. The van der Waals surface area contributed by atoms with E-state index in [2.05, 4.69) is 30.8 Å². The van der Waals surface area contributed by atoms with E-state index in [0.717, 1.165) is 19.1 Å². The Morgan fingerprint density at radius 1 is 0.667 bits per heavy atom. The molecule has 0 aromatic carbocycles.